The second-order valence-corrected chi connectivity index (χ2v) is 7.07. The van der Waals surface area contributed by atoms with Gasteiger partial charge in [0.2, 0.25) is 0 Å². The summed E-state index contributed by atoms with van der Waals surface area (Å²) in [4.78, 5) is 39.7. The molecule has 0 bridgehead atoms. The van der Waals surface area contributed by atoms with E-state index in [1.807, 2.05) is 6.92 Å². The van der Waals surface area contributed by atoms with Gasteiger partial charge >= 0.3 is 0 Å². The zero-order chi connectivity index (χ0) is 18.0. The molecular formula is C16H18N6O2S. The first-order valence-corrected chi connectivity index (χ1v) is 8.67. The molecule has 1 aliphatic heterocycles. The summed E-state index contributed by atoms with van der Waals surface area (Å²) in [6.45, 7) is 3.65. The van der Waals surface area contributed by atoms with Crippen molar-refractivity contribution in [3.63, 3.8) is 0 Å². The standard InChI is InChI=1S/C16H18N6O2S/c1-9-6-19-12(8-18-9)14(24)21-10-5-11(13(23)20-7-10)16(2)3-4-25-15(17)22-16/h5-8H,3-4H2,1-2H3,(H2,17,22)(H,20,23)(H,21,24)/t16-/m0/s1. The fraction of sp³-hybridized carbons (Fsp3) is 0.312. The van der Waals surface area contributed by atoms with Crippen LogP contribution in [-0.4, -0.2) is 31.8 Å². The number of carbonyl (C=O) groups is 1. The van der Waals surface area contributed by atoms with Crippen molar-refractivity contribution < 1.29 is 4.79 Å². The average molecular weight is 358 g/mol. The maximum absolute atomic E-state index is 12.3. The van der Waals surface area contributed by atoms with Crippen LogP contribution in [0.2, 0.25) is 0 Å². The van der Waals surface area contributed by atoms with Gasteiger partial charge in [0.25, 0.3) is 11.5 Å². The topological polar surface area (TPSA) is 126 Å². The zero-order valence-corrected chi connectivity index (χ0v) is 14.7. The van der Waals surface area contributed by atoms with Crippen LogP contribution < -0.4 is 16.6 Å². The number of aromatic amines is 1. The van der Waals surface area contributed by atoms with Gasteiger partial charge in [0, 0.05) is 23.7 Å². The van der Waals surface area contributed by atoms with E-state index in [1.165, 1.54) is 30.4 Å². The molecule has 0 spiro atoms. The van der Waals surface area contributed by atoms with Crippen LogP contribution in [0.15, 0.2) is 34.4 Å². The Kier molecular flexibility index (Phi) is 4.58. The van der Waals surface area contributed by atoms with Crippen LogP contribution in [0.1, 0.15) is 35.1 Å². The number of thioether (sulfide) groups is 1. The molecule has 0 aliphatic carbocycles. The number of anilines is 1. The van der Waals surface area contributed by atoms with Crippen LogP contribution >= 0.6 is 11.8 Å². The van der Waals surface area contributed by atoms with Gasteiger partial charge in [-0.3, -0.25) is 19.6 Å². The number of amides is 1. The summed E-state index contributed by atoms with van der Waals surface area (Å²) in [6.07, 6.45) is 5.05. The number of aliphatic imine (C=N–C) groups is 1. The third kappa shape index (κ3) is 3.71. The van der Waals surface area contributed by atoms with E-state index < -0.39 is 11.4 Å². The molecule has 130 valence electrons. The highest BCUT2D eigenvalue weighted by Crippen LogP contribution is 2.33. The minimum Gasteiger partial charge on any atom is -0.379 e. The van der Waals surface area contributed by atoms with Gasteiger partial charge in [0.1, 0.15) is 5.69 Å². The Labute approximate surface area is 148 Å². The van der Waals surface area contributed by atoms with E-state index in [1.54, 1.807) is 13.0 Å². The number of aryl methyl sites for hydroxylation is 1. The number of nitrogens with zero attached hydrogens (tertiary/aromatic N) is 3. The smallest absolute Gasteiger partial charge is 0.275 e. The van der Waals surface area contributed by atoms with Crippen molar-refractivity contribution in [2.75, 3.05) is 11.1 Å². The van der Waals surface area contributed by atoms with Gasteiger partial charge < -0.3 is 16.0 Å². The molecule has 8 nitrogen and oxygen atoms in total. The Hall–Kier alpha value is -2.68. The van der Waals surface area contributed by atoms with Crippen LogP contribution in [0.5, 0.6) is 0 Å². The molecule has 25 heavy (non-hydrogen) atoms. The maximum Gasteiger partial charge on any atom is 0.275 e. The van der Waals surface area contributed by atoms with Gasteiger partial charge in [-0.05, 0) is 26.3 Å². The first kappa shape index (κ1) is 17.2. The highest BCUT2D eigenvalue weighted by Gasteiger charge is 2.32. The number of amidine groups is 1. The third-order valence-electron chi connectivity index (χ3n) is 3.95. The number of carbonyl (C=O) groups excluding carboxylic acids is 1. The number of nitrogens with one attached hydrogen (secondary N) is 2. The van der Waals surface area contributed by atoms with E-state index in [9.17, 15) is 9.59 Å². The lowest BCUT2D eigenvalue weighted by Crippen LogP contribution is -2.34. The molecule has 0 saturated heterocycles. The molecule has 3 heterocycles. The third-order valence-corrected chi connectivity index (χ3v) is 4.75. The predicted octanol–water partition coefficient (Wildman–Crippen LogP) is 1.39. The molecular weight excluding hydrogens is 340 g/mol. The molecule has 1 aliphatic rings. The summed E-state index contributed by atoms with van der Waals surface area (Å²) in [5.74, 6) is 0.374. The van der Waals surface area contributed by atoms with Gasteiger partial charge in [-0.15, -0.1) is 0 Å². The van der Waals surface area contributed by atoms with E-state index in [2.05, 4.69) is 25.3 Å². The second kappa shape index (κ2) is 6.67. The quantitative estimate of drug-likeness (QED) is 0.761. The minimum absolute atomic E-state index is 0.195. The number of rotatable bonds is 3. The van der Waals surface area contributed by atoms with Gasteiger partial charge in [0.05, 0.1) is 23.1 Å². The first-order chi connectivity index (χ1) is 11.9. The van der Waals surface area contributed by atoms with E-state index in [-0.39, 0.29) is 11.3 Å². The van der Waals surface area contributed by atoms with Crippen LogP contribution in [0, 0.1) is 6.92 Å². The SMILES string of the molecule is Cc1cnc(C(=O)Nc2c[nH]c(=O)c([C@]3(C)CCSC(N)=N3)c2)cn1. The average Bonchev–Trinajstić information content (AvgIpc) is 2.57. The fourth-order valence-corrected chi connectivity index (χ4v) is 3.52. The molecule has 9 heteroatoms. The summed E-state index contributed by atoms with van der Waals surface area (Å²) in [6, 6.07) is 1.63. The molecule has 2 aromatic rings. The van der Waals surface area contributed by atoms with E-state index in [0.29, 0.717) is 22.8 Å². The number of aromatic nitrogens is 3. The first-order valence-electron chi connectivity index (χ1n) is 7.69. The molecule has 0 fully saturated rings. The monoisotopic (exact) mass is 358 g/mol. The van der Waals surface area contributed by atoms with Crippen molar-refractivity contribution in [1.29, 1.82) is 0 Å². The number of hydrogen-bond acceptors (Lipinski definition) is 7. The van der Waals surface area contributed by atoms with Crippen molar-refractivity contribution in [3.8, 4) is 0 Å². The second-order valence-electron chi connectivity index (χ2n) is 5.95. The molecule has 4 N–H and O–H groups in total. The normalized spacial score (nSPS) is 20.0. The number of pyridine rings is 1. The predicted molar refractivity (Wildman–Crippen MR) is 97.8 cm³/mol. The summed E-state index contributed by atoms with van der Waals surface area (Å²) in [7, 11) is 0. The van der Waals surface area contributed by atoms with Crippen molar-refractivity contribution >= 4 is 28.5 Å². The largest absolute Gasteiger partial charge is 0.379 e. The van der Waals surface area contributed by atoms with Gasteiger partial charge in [-0.25, -0.2) is 4.98 Å². The lowest BCUT2D eigenvalue weighted by molar-refractivity contribution is 0.102. The summed E-state index contributed by atoms with van der Waals surface area (Å²) in [5.41, 5.74) is 6.69. The molecule has 0 unspecified atom stereocenters. The molecule has 3 rings (SSSR count). The number of nitrogens with two attached hydrogens (primary N) is 1. The van der Waals surface area contributed by atoms with Gasteiger partial charge in [0.15, 0.2) is 5.17 Å². The highest BCUT2D eigenvalue weighted by molar-refractivity contribution is 8.13. The number of hydrogen-bond donors (Lipinski definition) is 3. The summed E-state index contributed by atoms with van der Waals surface area (Å²) >= 11 is 1.46. The van der Waals surface area contributed by atoms with E-state index in [0.717, 1.165) is 11.4 Å². The van der Waals surface area contributed by atoms with Crippen LogP contribution in [-0.2, 0) is 5.54 Å². The Morgan fingerprint density at radius 3 is 2.88 bits per heavy atom. The van der Waals surface area contributed by atoms with Crippen molar-refractivity contribution in [2.45, 2.75) is 25.8 Å². The highest BCUT2D eigenvalue weighted by atomic mass is 32.2. The summed E-state index contributed by atoms with van der Waals surface area (Å²) < 4.78 is 0. The van der Waals surface area contributed by atoms with Crippen molar-refractivity contribution in [1.82, 2.24) is 15.0 Å². The van der Waals surface area contributed by atoms with E-state index >= 15 is 0 Å². The lowest BCUT2D eigenvalue weighted by Gasteiger charge is -2.29. The molecule has 0 radical (unpaired) electrons. The van der Waals surface area contributed by atoms with Crippen molar-refractivity contribution in [2.24, 2.45) is 10.7 Å². The zero-order valence-electron chi connectivity index (χ0n) is 13.9. The lowest BCUT2D eigenvalue weighted by atomic mass is 9.90. The Bertz CT molecular complexity index is 892. The molecule has 0 saturated carbocycles. The van der Waals surface area contributed by atoms with E-state index in [4.69, 9.17) is 5.73 Å². The molecule has 0 aromatic carbocycles. The molecule has 1 atom stereocenters. The Balaban J connectivity index is 1.89. The van der Waals surface area contributed by atoms with Gasteiger partial charge in [-0.1, -0.05) is 11.8 Å². The fourth-order valence-electron chi connectivity index (χ4n) is 2.54. The molecule has 2 aromatic heterocycles. The van der Waals surface area contributed by atoms with Gasteiger partial charge in [-0.2, -0.15) is 0 Å². The van der Waals surface area contributed by atoms with Crippen molar-refractivity contribution in [3.05, 3.63) is 52.0 Å². The number of H-pyrrole nitrogens is 1. The minimum atomic E-state index is -0.715. The molecule has 1 amide bonds. The van der Waals surface area contributed by atoms with Crippen LogP contribution in [0.3, 0.4) is 0 Å². The van der Waals surface area contributed by atoms with Crippen LogP contribution in [0.25, 0.3) is 0 Å². The maximum atomic E-state index is 12.3. The Morgan fingerprint density at radius 1 is 1.40 bits per heavy atom. The summed E-state index contributed by atoms with van der Waals surface area (Å²) in [5, 5.41) is 3.17. The van der Waals surface area contributed by atoms with Crippen LogP contribution in [0.4, 0.5) is 5.69 Å². The Morgan fingerprint density at radius 2 is 2.20 bits per heavy atom.